The summed E-state index contributed by atoms with van der Waals surface area (Å²) in [5.41, 5.74) is -0.652. The molecule has 0 bridgehead atoms. The topological polar surface area (TPSA) is 47.2 Å². The highest BCUT2D eigenvalue weighted by molar-refractivity contribution is 5.99. The Morgan fingerprint density at radius 1 is 1.46 bits per heavy atom. The number of amides is 1. The zero-order valence-electron chi connectivity index (χ0n) is 6.32. The predicted octanol–water partition coefficient (Wildman–Crippen LogP) is 1.52. The zero-order valence-corrected chi connectivity index (χ0v) is 6.32. The number of alkyl halides is 2. The van der Waals surface area contributed by atoms with Crippen molar-refractivity contribution in [2.75, 3.05) is 0 Å². The molecule has 66 valence electrons. The van der Waals surface area contributed by atoms with Gasteiger partial charge < -0.3 is 0 Å². The van der Waals surface area contributed by atoms with Crippen LogP contribution < -0.4 is 0 Å². The van der Waals surface area contributed by atoms with Gasteiger partial charge in [-0.1, -0.05) is 0 Å². The molecule has 0 spiro atoms. The highest BCUT2D eigenvalue weighted by Crippen LogP contribution is 2.14. The standard InChI is InChI=1S/C7H4F2N3O/c1-10-7(13)5-3-11-4(2-12-5)6(8)9/h1-3,6H/q+1. The summed E-state index contributed by atoms with van der Waals surface area (Å²) in [5.74, 6) is -0.798. The van der Waals surface area contributed by atoms with Gasteiger partial charge in [0.15, 0.2) is 0 Å². The van der Waals surface area contributed by atoms with Crippen LogP contribution in [0.15, 0.2) is 12.4 Å². The average Bonchev–Trinajstić information content (AvgIpc) is 2.17. The van der Waals surface area contributed by atoms with Crippen molar-refractivity contribution in [2.24, 2.45) is 0 Å². The number of hydrogen-bond acceptors (Lipinski definition) is 3. The Kier molecular flexibility index (Phi) is 2.59. The Labute approximate surface area is 72.1 Å². The summed E-state index contributed by atoms with van der Waals surface area (Å²) in [4.78, 5) is 20.2. The van der Waals surface area contributed by atoms with Crippen molar-refractivity contribution >= 4 is 5.91 Å². The van der Waals surface area contributed by atoms with Crippen LogP contribution in [0.1, 0.15) is 22.6 Å². The Hall–Kier alpha value is -1.90. The molecule has 0 N–H and O–H groups in total. The second-order valence-electron chi connectivity index (χ2n) is 2.06. The van der Waals surface area contributed by atoms with Crippen molar-refractivity contribution in [1.82, 2.24) is 9.97 Å². The molecule has 1 aromatic heterocycles. The predicted molar refractivity (Wildman–Crippen MR) is 39.6 cm³/mol. The van der Waals surface area contributed by atoms with Crippen molar-refractivity contribution in [3.63, 3.8) is 0 Å². The first kappa shape index (κ1) is 9.19. The van der Waals surface area contributed by atoms with E-state index in [-0.39, 0.29) is 5.69 Å². The minimum absolute atomic E-state index is 0.160. The summed E-state index contributed by atoms with van der Waals surface area (Å²) in [6.07, 6.45) is -0.991. The first-order valence-corrected chi connectivity index (χ1v) is 3.20. The number of carbonyl (C=O) groups is 1. The van der Waals surface area contributed by atoms with E-state index in [4.69, 9.17) is 0 Å². The van der Waals surface area contributed by atoms with E-state index in [2.05, 4.69) is 21.4 Å². The smallest absolute Gasteiger partial charge is 0.251 e. The maximum atomic E-state index is 11.9. The maximum absolute atomic E-state index is 11.9. The number of hydrogen-bond donors (Lipinski definition) is 0. The van der Waals surface area contributed by atoms with Crippen LogP contribution in [-0.4, -0.2) is 15.9 Å². The highest BCUT2D eigenvalue weighted by atomic mass is 19.3. The van der Waals surface area contributed by atoms with E-state index >= 15 is 0 Å². The molecule has 0 saturated heterocycles. The lowest BCUT2D eigenvalue weighted by Crippen LogP contribution is -2.00. The van der Waals surface area contributed by atoms with Crippen LogP contribution in [0, 0.1) is 6.57 Å². The summed E-state index contributed by atoms with van der Waals surface area (Å²) >= 11 is 0. The van der Waals surface area contributed by atoms with Gasteiger partial charge in [0.25, 0.3) is 13.0 Å². The molecule has 0 aromatic carbocycles. The molecule has 0 saturated carbocycles. The third-order valence-electron chi connectivity index (χ3n) is 1.23. The van der Waals surface area contributed by atoms with Crippen LogP contribution >= 0.6 is 0 Å². The van der Waals surface area contributed by atoms with Gasteiger partial charge >= 0.3 is 5.91 Å². The molecule has 1 heterocycles. The summed E-state index contributed by atoms with van der Waals surface area (Å²) < 4.78 is 23.9. The van der Waals surface area contributed by atoms with Gasteiger partial charge in [-0.15, -0.1) is 0 Å². The zero-order chi connectivity index (χ0) is 9.84. The van der Waals surface area contributed by atoms with Crippen LogP contribution in [0.25, 0.3) is 4.85 Å². The van der Waals surface area contributed by atoms with E-state index in [0.717, 1.165) is 12.4 Å². The molecule has 1 rings (SSSR count). The first-order chi connectivity index (χ1) is 6.15. The van der Waals surface area contributed by atoms with E-state index in [1.807, 2.05) is 0 Å². The Morgan fingerprint density at radius 3 is 2.54 bits per heavy atom. The van der Waals surface area contributed by atoms with E-state index in [0.29, 0.717) is 0 Å². The summed E-state index contributed by atoms with van der Waals surface area (Å²) in [6, 6.07) is 0. The minimum atomic E-state index is -2.70. The maximum Gasteiger partial charge on any atom is 0.567 e. The molecule has 0 aliphatic heterocycles. The molecule has 0 unspecified atom stereocenters. The summed E-state index contributed by atoms with van der Waals surface area (Å²) in [7, 11) is 0. The molecule has 0 aliphatic carbocycles. The third-order valence-corrected chi connectivity index (χ3v) is 1.23. The largest absolute Gasteiger partial charge is 0.567 e. The van der Waals surface area contributed by atoms with Crippen LogP contribution in [0.4, 0.5) is 8.78 Å². The van der Waals surface area contributed by atoms with Gasteiger partial charge in [-0.3, -0.25) is 4.98 Å². The molecule has 0 fully saturated rings. The second kappa shape index (κ2) is 3.67. The molecule has 0 atom stereocenters. The molecule has 0 radical (unpaired) electrons. The highest BCUT2D eigenvalue weighted by Gasteiger charge is 2.18. The molecule has 0 aliphatic rings. The van der Waals surface area contributed by atoms with Crippen molar-refractivity contribution in [3.8, 4) is 6.57 Å². The van der Waals surface area contributed by atoms with Gasteiger partial charge in [-0.2, -0.15) is 4.79 Å². The van der Waals surface area contributed by atoms with Crippen molar-refractivity contribution in [3.05, 3.63) is 28.6 Å². The number of rotatable bonds is 2. The fourth-order valence-corrected chi connectivity index (χ4v) is 0.627. The van der Waals surface area contributed by atoms with Gasteiger partial charge in [0.2, 0.25) is 5.69 Å². The Morgan fingerprint density at radius 2 is 2.15 bits per heavy atom. The minimum Gasteiger partial charge on any atom is -0.251 e. The SMILES string of the molecule is C#[N+]C(=O)c1cnc(C(F)F)cn1. The quantitative estimate of drug-likeness (QED) is 0.699. The van der Waals surface area contributed by atoms with Gasteiger partial charge in [0.1, 0.15) is 5.69 Å². The van der Waals surface area contributed by atoms with Gasteiger partial charge in [-0.05, 0) is 0 Å². The first-order valence-electron chi connectivity index (χ1n) is 3.20. The molecular weight excluding hydrogens is 180 g/mol. The van der Waals surface area contributed by atoms with Gasteiger partial charge in [0, 0.05) is 4.85 Å². The molecule has 13 heavy (non-hydrogen) atoms. The van der Waals surface area contributed by atoms with E-state index in [9.17, 15) is 13.6 Å². The average molecular weight is 184 g/mol. The molecule has 4 nitrogen and oxygen atoms in total. The summed E-state index contributed by atoms with van der Waals surface area (Å²) in [6.45, 7) is 4.66. The van der Waals surface area contributed by atoms with Crippen molar-refractivity contribution < 1.29 is 13.6 Å². The summed E-state index contributed by atoms with van der Waals surface area (Å²) in [5, 5.41) is 0. The fourth-order valence-electron chi connectivity index (χ4n) is 0.627. The number of carbonyl (C=O) groups excluding carboxylic acids is 1. The van der Waals surface area contributed by atoms with E-state index in [1.54, 1.807) is 0 Å². The number of halogens is 2. The Balaban J connectivity index is 2.95. The normalized spacial score (nSPS) is 9.69. The number of nitrogens with zero attached hydrogens (tertiary/aromatic N) is 3. The van der Waals surface area contributed by atoms with E-state index in [1.165, 1.54) is 0 Å². The Bertz CT molecular complexity index is 355. The third kappa shape index (κ3) is 2.02. The second-order valence-corrected chi connectivity index (χ2v) is 2.06. The van der Waals surface area contributed by atoms with Gasteiger partial charge in [0.05, 0.1) is 12.4 Å². The lowest BCUT2D eigenvalue weighted by atomic mass is 10.4. The lowest BCUT2D eigenvalue weighted by molar-refractivity contribution is 0.103. The van der Waals surface area contributed by atoms with Crippen LogP contribution in [0.5, 0.6) is 0 Å². The van der Waals surface area contributed by atoms with Crippen LogP contribution in [-0.2, 0) is 0 Å². The molecular formula is C7H4F2N3O+. The van der Waals surface area contributed by atoms with Crippen molar-refractivity contribution in [2.45, 2.75) is 6.43 Å². The lowest BCUT2D eigenvalue weighted by Gasteiger charge is -1.94. The monoisotopic (exact) mass is 184 g/mol. The molecule has 6 heteroatoms. The van der Waals surface area contributed by atoms with Crippen molar-refractivity contribution in [1.29, 1.82) is 0 Å². The fraction of sp³-hybridized carbons (Fsp3) is 0.143. The van der Waals surface area contributed by atoms with E-state index < -0.39 is 18.0 Å². The van der Waals surface area contributed by atoms with Crippen LogP contribution in [0.3, 0.4) is 0 Å². The molecule has 1 aromatic rings. The number of aromatic nitrogens is 2. The van der Waals surface area contributed by atoms with Crippen LogP contribution in [0.2, 0.25) is 0 Å². The van der Waals surface area contributed by atoms with Gasteiger partial charge in [-0.25, -0.2) is 13.8 Å². The molecule has 1 amide bonds.